The fourth-order valence-corrected chi connectivity index (χ4v) is 2.95. The van der Waals surface area contributed by atoms with E-state index in [0.29, 0.717) is 12.8 Å². The summed E-state index contributed by atoms with van der Waals surface area (Å²) in [5, 5.41) is 14.2. The molecule has 0 rings (SSSR count). The molecule has 31 heavy (non-hydrogen) atoms. The Kier molecular flexibility index (Phi) is 19.0. The number of hydrogen-bond donors (Lipinski definition) is 4. The van der Waals surface area contributed by atoms with E-state index in [1.807, 2.05) is 0 Å². The average molecular weight is 436 g/mol. The van der Waals surface area contributed by atoms with Gasteiger partial charge in [-0.3, -0.25) is 4.79 Å². The molecule has 7 heteroatoms. The van der Waals surface area contributed by atoms with E-state index in [1.54, 1.807) is 0 Å². The summed E-state index contributed by atoms with van der Waals surface area (Å²) in [4.78, 5) is 33.8. The van der Waals surface area contributed by atoms with Crippen LogP contribution < -0.4 is 16.4 Å². The summed E-state index contributed by atoms with van der Waals surface area (Å²) in [5.41, 5.74) is 4.95. The molecule has 0 aromatic rings. The Morgan fingerprint density at radius 1 is 0.871 bits per heavy atom. The van der Waals surface area contributed by atoms with Crippen LogP contribution >= 0.6 is 0 Å². The fraction of sp³-hybridized carbons (Fsp3) is 0.625. The van der Waals surface area contributed by atoms with Crippen LogP contribution in [0.3, 0.4) is 0 Å². The third-order valence-electron chi connectivity index (χ3n) is 4.66. The second kappa shape index (κ2) is 20.7. The number of amides is 3. The van der Waals surface area contributed by atoms with E-state index in [2.05, 4.69) is 54.0 Å². The zero-order valence-electron chi connectivity index (χ0n) is 19.0. The molecule has 0 aliphatic heterocycles. The zero-order chi connectivity index (χ0) is 23.2. The first kappa shape index (κ1) is 28.4. The van der Waals surface area contributed by atoms with Crippen LogP contribution in [0, 0.1) is 0 Å². The van der Waals surface area contributed by atoms with Gasteiger partial charge in [0.1, 0.15) is 6.04 Å². The van der Waals surface area contributed by atoms with Crippen molar-refractivity contribution < 1.29 is 19.5 Å². The van der Waals surface area contributed by atoms with Gasteiger partial charge in [0.2, 0.25) is 5.91 Å². The van der Waals surface area contributed by atoms with E-state index >= 15 is 0 Å². The average Bonchev–Trinajstić information content (AvgIpc) is 2.72. The van der Waals surface area contributed by atoms with Crippen molar-refractivity contribution in [2.24, 2.45) is 5.73 Å². The molecule has 0 radical (unpaired) electrons. The van der Waals surface area contributed by atoms with Crippen molar-refractivity contribution in [2.75, 3.05) is 6.54 Å². The number of urea groups is 1. The predicted molar refractivity (Wildman–Crippen MR) is 126 cm³/mol. The van der Waals surface area contributed by atoms with E-state index in [-0.39, 0.29) is 18.9 Å². The Labute approximate surface area is 187 Å². The molecule has 176 valence electrons. The van der Waals surface area contributed by atoms with Crippen LogP contribution in [0.2, 0.25) is 0 Å². The van der Waals surface area contributed by atoms with Gasteiger partial charge in [-0.05, 0) is 51.4 Å². The van der Waals surface area contributed by atoms with E-state index in [9.17, 15) is 19.5 Å². The second-order valence-electron chi connectivity index (χ2n) is 7.49. The summed E-state index contributed by atoms with van der Waals surface area (Å²) in [6.45, 7) is 2.42. The minimum absolute atomic E-state index is 0.239. The number of primary amides is 1. The van der Waals surface area contributed by atoms with Crippen LogP contribution in [0.25, 0.3) is 0 Å². The van der Waals surface area contributed by atoms with Crippen LogP contribution in [0.4, 0.5) is 4.79 Å². The number of nitrogens with one attached hydrogen (secondary N) is 2. The van der Waals surface area contributed by atoms with Crippen LogP contribution in [-0.4, -0.2) is 35.6 Å². The maximum absolute atomic E-state index is 12.0. The Balaban J connectivity index is 3.68. The number of allylic oxidation sites excluding steroid dienone is 6. The molecular formula is C24H41N3O4. The smallest absolute Gasteiger partial charge is 0.326 e. The van der Waals surface area contributed by atoms with Crippen molar-refractivity contribution in [3.05, 3.63) is 36.5 Å². The zero-order valence-corrected chi connectivity index (χ0v) is 19.0. The fourth-order valence-electron chi connectivity index (χ4n) is 2.95. The maximum Gasteiger partial charge on any atom is 0.326 e. The van der Waals surface area contributed by atoms with Gasteiger partial charge in [0.15, 0.2) is 0 Å². The summed E-state index contributed by atoms with van der Waals surface area (Å²) in [7, 11) is 0. The van der Waals surface area contributed by atoms with Crippen LogP contribution in [0.15, 0.2) is 36.5 Å². The quantitative estimate of drug-likeness (QED) is 0.175. The highest BCUT2D eigenvalue weighted by Gasteiger charge is 2.19. The van der Waals surface area contributed by atoms with E-state index < -0.39 is 18.0 Å². The third-order valence-corrected chi connectivity index (χ3v) is 4.66. The molecule has 0 bridgehead atoms. The number of carboxylic acid groups (broad SMARTS) is 1. The molecule has 0 spiro atoms. The van der Waals surface area contributed by atoms with E-state index in [0.717, 1.165) is 57.8 Å². The summed E-state index contributed by atoms with van der Waals surface area (Å²) < 4.78 is 0. The first-order valence-corrected chi connectivity index (χ1v) is 11.5. The van der Waals surface area contributed by atoms with Crippen molar-refractivity contribution in [1.82, 2.24) is 10.6 Å². The van der Waals surface area contributed by atoms with Gasteiger partial charge in [-0.1, -0.05) is 62.6 Å². The van der Waals surface area contributed by atoms with Gasteiger partial charge < -0.3 is 21.5 Å². The Bertz CT molecular complexity index is 585. The minimum atomic E-state index is -1.07. The standard InChI is InChI=1S/C24H41N3O4/c1-2-3-4-5-6-7-8-9-10-11-12-13-14-15-16-19-22(28)27-21(23(29)30)18-17-20-26-24(25)31/h3-4,6-7,9-10,21H,2,5,8,11-20H2,1H3,(H,27,28)(H,29,30)(H3,25,26,31)/b4-3-,7-6-,10-9-/t21-/m0/s1. The van der Waals surface area contributed by atoms with Crippen LogP contribution in [-0.2, 0) is 9.59 Å². The molecule has 0 aromatic carbocycles. The Morgan fingerprint density at radius 2 is 1.48 bits per heavy atom. The first-order valence-electron chi connectivity index (χ1n) is 11.5. The predicted octanol–water partition coefficient (Wildman–Crippen LogP) is 4.59. The number of carboxylic acids is 1. The number of carbonyl (C=O) groups excluding carboxylic acids is 2. The highest BCUT2D eigenvalue weighted by molar-refractivity contribution is 5.83. The molecule has 0 aromatic heterocycles. The molecule has 0 unspecified atom stereocenters. The van der Waals surface area contributed by atoms with Crippen molar-refractivity contribution in [1.29, 1.82) is 0 Å². The van der Waals surface area contributed by atoms with Gasteiger partial charge in [-0.2, -0.15) is 0 Å². The van der Waals surface area contributed by atoms with E-state index in [4.69, 9.17) is 5.73 Å². The van der Waals surface area contributed by atoms with Gasteiger partial charge in [0.25, 0.3) is 0 Å². The maximum atomic E-state index is 12.0. The van der Waals surface area contributed by atoms with Crippen molar-refractivity contribution >= 4 is 17.9 Å². The summed E-state index contributed by atoms with van der Waals surface area (Å²) in [6, 6.07) is -1.58. The molecule has 1 atom stereocenters. The molecule has 0 aliphatic carbocycles. The van der Waals surface area contributed by atoms with Crippen molar-refractivity contribution in [2.45, 2.75) is 90.0 Å². The van der Waals surface area contributed by atoms with Crippen LogP contribution in [0.5, 0.6) is 0 Å². The SMILES string of the molecule is CC/C=C\C/C=C\C/C=C\CCCCCCCC(=O)N[C@@H](CCCNC(N)=O)C(=O)O. The lowest BCUT2D eigenvalue weighted by Crippen LogP contribution is -2.41. The Hall–Kier alpha value is -2.57. The number of aliphatic carboxylic acids is 1. The lowest BCUT2D eigenvalue weighted by Gasteiger charge is -2.14. The van der Waals surface area contributed by atoms with Gasteiger partial charge in [-0.25, -0.2) is 9.59 Å². The largest absolute Gasteiger partial charge is 0.480 e. The lowest BCUT2D eigenvalue weighted by molar-refractivity contribution is -0.142. The molecular weight excluding hydrogens is 394 g/mol. The molecule has 0 saturated heterocycles. The van der Waals surface area contributed by atoms with Gasteiger partial charge in [0.05, 0.1) is 0 Å². The number of unbranched alkanes of at least 4 members (excludes halogenated alkanes) is 5. The molecule has 5 N–H and O–H groups in total. The highest BCUT2D eigenvalue weighted by Crippen LogP contribution is 2.08. The minimum Gasteiger partial charge on any atom is -0.480 e. The van der Waals surface area contributed by atoms with Gasteiger partial charge >= 0.3 is 12.0 Å². The van der Waals surface area contributed by atoms with E-state index in [1.165, 1.54) is 0 Å². The summed E-state index contributed by atoms with van der Waals surface area (Å²) >= 11 is 0. The van der Waals surface area contributed by atoms with Crippen molar-refractivity contribution in [3.63, 3.8) is 0 Å². The first-order chi connectivity index (χ1) is 15.0. The second-order valence-corrected chi connectivity index (χ2v) is 7.49. The molecule has 0 aliphatic rings. The molecule has 3 amide bonds. The lowest BCUT2D eigenvalue weighted by atomic mass is 10.1. The van der Waals surface area contributed by atoms with Gasteiger partial charge in [-0.15, -0.1) is 0 Å². The third kappa shape index (κ3) is 20.5. The Morgan fingerprint density at radius 3 is 2.13 bits per heavy atom. The number of carbonyl (C=O) groups is 3. The number of hydrogen-bond acceptors (Lipinski definition) is 3. The number of nitrogens with two attached hydrogens (primary N) is 1. The molecule has 0 fully saturated rings. The van der Waals surface area contributed by atoms with Crippen molar-refractivity contribution in [3.8, 4) is 0 Å². The van der Waals surface area contributed by atoms with Gasteiger partial charge in [0, 0.05) is 13.0 Å². The molecule has 0 saturated carbocycles. The molecule has 0 heterocycles. The summed E-state index contributed by atoms with van der Waals surface area (Å²) in [5.74, 6) is -1.30. The summed E-state index contributed by atoms with van der Waals surface area (Å²) in [6.07, 6.45) is 23.4. The topological polar surface area (TPSA) is 122 Å². The monoisotopic (exact) mass is 435 g/mol. The number of rotatable bonds is 19. The molecule has 7 nitrogen and oxygen atoms in total. The van der Waals surface area contributed by atoms with Crippen LogP contribution in [0.1, 0.15) is 84.0 Å². The normalized spacial score (nSPS) is 12.5. The highest BCUT2D eigenvalue weighted by atomic mass is 16.4.